The maximum absolute atomic E-state index is 13.4. The third-order valence-corrected chi connectivity index (χ3v) is 8.27. The summed E-state index contributed by atoms with van der Waals surface area (Å²) in [7, 11) is 0. The average Bonchev–Trinajstić information content (AvgIpc) is 3.74. The van der Waals surface area contributed by atoms with Gasteiger partial charge in [-0.05, 0) is 67.6 Å². The van der Waals surface area contributed by atoms with Crippen molar-refractivity contribution in [1.82, 2.24) is 15.5 Å². The second-order valence-corrected chi connectivity index (χ2v) is 11.1. The predicted molar refractivity (Wildman–Crippen MR) is 152 cm³/mol. The highest BCUT2D eigenvalue weighted by Crippen LogP contribution is 2.35. The Balaban J connectivity index is 1.20. The molecule has 13 heteroatoms. The Morgan fingerprint density at radius 3 is 2.36 bits per heavy atom. The zero-order chi connectivity index (χ0) is 29.9. The van der Waals surface area contributed by atoms with Crippen molar-refractivity contribution in [2.24, 2.45) is 5.73 Å². The SMILES string of the molecule is C[C@@H](NC(=O)C1CC2(CN1C(=O)CNC(=O)c1ccc(Oc3ccc(F)cc3)cc1)OCCO2)c1ccc(C(=N)N)s1. The quantitative estimate of drug-likeness (QED) is 0.219. The van der Waals surface area contributed by atoms with Crippen LogP contribution in [0.5, 0.6) is 11.5 Å². The summed E-state index contributed by atoms with van der Waals surface area (Å²) in [6.07, 6.45) is 0.157. The molecular formula is C29H30FN5O6S. The molecule has 5 N–H and O–H groups in total. The van der Waals surface area contributed by atoms with Crippen LogP contribution in [0.15, 0.2) is 60.7 Å². The molecule has 2 aliphatic rings. The summed E-state index contributed by atoms with van der Waals surface area (Å²) in [5, 5.41) is 13.1. The minimum absolute atomic E-state index is 0.0499. The molecule has 0 bridgehead atoms. The van der Waals surface area contributed by atoms with E-state index in [-0.39, 0.29) is 43.1 Å². The monoisotopic (exact) mass is 595 g/mol. The summed E-state index contributed by atoms with van der Waals surface area (Å²) in [5.41, 5.74) is 5.86. The fourth-order valence-corrected chi connectivity index (χ4v) is 5.70. The van der Waals surface area contributed by atoms with Crippen molar-refractivity contribution >= 4 is 34.9 Å². The van der Waals surface area contributed by atoms with Crippen molar-refractivity contribution in [3.05, 3.63) is 81.8 Å². The van der Waals surface area contributed by atoms with Crippen molar-refractivity contribution in [1.29, 1.82) is 5.41 Å². The van der Waals surface area contributed by atoms with E-state index in [0.29, 0.717) is 35.2 Å². The molecule has 2 aromatic carbocycles. The lowest BCUT2D eigenvalue weighted by atomic mass is 10.1. The lowest BCUT2D eigenvalue weighted by molar-refractivity contribution is -0.152. The number of hydrogen-bond acceptors (Lipinski definition) is 8. The molecule has 3 amide bonds. The van der Waals surface area contributed by atoms with Gasteiger partial charge in [0.05, 0.1) is 37.2 Å². The first-order chi connectivity index (χ1) is 20.1. The Kier molecular flexibility index (Phi) is 8.52. The van der Waals surface area contributed by atoms with E-state index in [0.717, 1.165) is 4.88 Å². The first kappa shape index (κ1) is 29.2. The van der Waals surface area contributed by atoms with Gasteiger partial charge in [-0.3, -0.25) is 19.8 Å². The van der Waals surface area contributed by atoms with Gasteiger partial charge in [-0.15, -0.1) is 11.3 Å². The van der Waals surface area contributed by atoms with E-state index in [1.54, 1.807) is 36.4 Å². The summed E-state index contributed by atoms with van der Waals surface area (Å²) in [6, 6.07) is 14.1. The first-order valence-corrected chi connectivity index (χ1v) is 14.1. The number of hydrogen-bond donors (Lipinski definition) is 4. The summed E-state index contributed by atoms with van der Waals surface area (Å²) in [5.74, 6) is -1.92. The Labute approximate surface area is 245 Å². The van der Waals surface area contributed by atoms with Crippen LogP contribution in [0.2, 0.25) is 0 Å². The minimum atomic E-state index is -1.07. The lowest BCUT2D eigenvalue weighted by Gasteiger charge is -2.25. The van der Waals surface area contributed by atoms with E-state index >= 15 is 0 Å². The van der Waals surface area contributed by atoms with Crippen LogP contribution >= 0.6 is 11.3 Å². The molecule has 3 heterocycles. The van der Waals surface area contributed by atoms with Gasteiger partial charge in [-0.1, -0.05) is 0 Å². The van der Waals surface area contributed by atoms with Crippen LogP contribution in [0.25, 0.3) is 0 Å². The molecule has 42 heavy (non-hydrogen) atoms. The number of rotatable bonds is 9. The van der Waals surface area contributed by atoms with E-state index in [1.807, 2.05) is 6.92 Å². The molecule has 0 radical (unpaired) electrons. The van der Waals surface area contributed by atoms with E-state index in [4.69, 9.17) is 25.4 Å². The van der Waals surface area contributed by atoms with Gasteiger partial charge in [-0.25, -0.2) is 4.39 Å². The van der Waals surface area contributed by atoms with Crippen LogP contribution in [-0.4, -0.2) is 66.6 Å². The van der Waals surface area contributed by atoms with Gasteiger partial charge in [-0.2, -0.15) is 0 Å². The highest BCUT2D eigenvalue weighted by Gasteiger charge is 2.52. The third-order valence-electron chi connectivity index (χ3n) is 6.97. The number of thiophene rings is 1. The molecule has 0 aliphatic carbocycles. The Hall–Kier alpha value is -4.33. The molecule has 1 unspecified atom stereocenters. The summed E-state index contributed by atoms with van der Waals surface area (Å²) >= 11 is 1.31. The molecular weight excluding hydrogens is 565 g/mol. The number of amides is 3. The summed E-state index contributed by atoms with van der Waals surface area (Å²) in [4.78, 5) is 42.2. The van der Waals surface area contributed by atoms with Crippen LogP contribution in [-0.2, 0) is 19.1 Å². The predicted octanol–water partition coefficient (Wildman–Crippen LogP) is 2.91. The van der Waals surface area contributed by atoms with Crippen LogP contribution in [0, 0.1) is 11.2 Å². The second-order valence-electron chi connectivity index (χ2n) is 9.96. The van der Waals surface area contributed by atoms with E-state index in [9.17, 15) is 18.8 Å². The van der Waals surface area contributed by atoms with Gasteiger partial charge in [0.25, 0.3) is 5.91 Å². The van der Waals surface area contributed by atoms with Gasteiger partial charge in [0.15, 0.2) is 5.79 Å². The number of nitrogens with one attached hydrogen (secondary N) is 3. The van der Waals surface area contributed by atoms with Crippen LogP contribution in [0.4, 0.5) is 4.39 Å². The van der Waals surface area contributed by atoms with Gasteiger partial charge in [0.1, 0.15) is 29.2 Å². The van der Waals surface area contributed by atoms with Gasteiger partial charge >= 0.3 is 0 Å². The molecule has 1 aromatic heterocycles. The number of carbonyl (C=O) groups excluding carboxylic acids is 3. The molecule has 2 aliphatic heterocycles. The zero-order valence-electron chi connectivity index (χ0n) is 22.7. The number of benzene rings is 2. The lowest BCUT2D eigenvalue weighted by Crippen LogP contribution is -2.49. The summed E-state index contributed by atoms with van der Waals surface area (Å²) in [6.45, 7) is 2.23. The Morgan fingerprint density at radius 2 is 1.74 bits per heavy atom. The number of halogens is 1. The molecule has 1 spiro atoms. The van der Waals surface area contributed by atoms with Gasteiger partial charge < -0.3 is 35.5 Å². The van der Waals surface area contributed by atoms with Crippen molar-refractivity contribution in [2.75, 3.05) is 26.3 Å². The number of carbonyl (C=O) groups is 3. The molecule has 0 saturated carbocycles. The maximum atomic E-state index is 13.4. The number of nitrogen functional groups attached to an aromatic ring is 1. The van der Waals surface area contributed by atoms with Crippen molar-refractivity contribution < 1.29 is 33.0 Å². The fourth-order valence-electron chi connectivity index (χ4n) is 4.83. The van der Waals surface area contributed by atoms with Gasteiger partial charge in [0, 0.05) is 16.9 Å². The maximum Gasteiger partial charge on any atom is 0.251 e. The number of amidine groups is 1. The fraction of sp³-hybridized carbons (Fsp3) is 0.310. The normalized spacial score (nSPS) is 18.0. The molecule has 2 saturated heterocycles. The van der Waals surface area contributed by atoms with E-state index in [2.05, 4.69) is 10.6 Å². The Bertz CT molecular complexity index is 1470. The second kappa shape index (κ2) is 12.3. The molecule has 2 atom stereocenters. The Morgan fingerprint density at radius 1 is 1.10 bits per heavy atom. The number of likely N-dealkylation sites (tertiary alicyclic amines) is 1. The molecule has 11 nitrogen and oxygen atoms in total. The summed E-state index contributed by atoms with van der Waals surface area (Å²) < 4.78 is 30.3. The van der Waals surface area contributed by atoms with Crippen molar-refractivity contribution in [2.45, 2.75) is 31.2 Å². The molecule has 2 fully saturated rings. The molecule has 220 valence electrons. The zero-order valence-corrected chi connectivity index (χ0v) is 23.5. The van der Waals surface area contributed by atoms with E-state index < -0.39 is 23.6 Å². The smallest absolute Gasteiger partial charge is 0.251 e. The highest BCUT2D eigenvalue weighted by molar-refractivity contribution is 7.14. The third kappa shape index (κ3) is 6.59. The first-order valence-electron chi connectivity index (χ1n) is 13.3. The minimum Gasteiger partial charge on any atom is -0.457 e. The number of nitrogens with zero attached hydrogens (tertiary/aromatic N) is 1. The van der Waals surface area contributed by atoms with E-state index in [1.165, 1.54) is 40.5 Å². The van der Waals surface area contributed by atoms with Crippen molar-refractivity contribution in [3.63, 3.8) is 0 Å². The van der Waals surface area contributed by atoms with Gasteiger partial charge in [0.2, 0.25) is 11.8 Å². The topological polar surface area (TPSA) is 156 Å². The number of ether oxygens (including phenoxy) is 3. The average molecular weight is 596 g/mol. The highest BCUT2D eigenvalue weighted by atomic mass is 32.1. The standard InChI is InChI=1S/C29H30FN5O6S/c1-17(23-10-11-24(42-23)26(31)32)34-28(38)22-14-29(39-12-13-40-29)16-35(22)25(36)15-33-27(37)18-2-6-20(7-3-18)41-21-8-4-19(30)5-9-21/h2-11,17,22H,12-16H2,1H3,(H3,31,32)(H,33,37)(H,34,38)/t17-,22?/m1/s1. The van der Waals surface area contributed by atoms with Crippen LogP contribution in [0.1, 0.15) is 39.5 Å². The van der Waals surface area contributed by atoms with Crippen LogP contribution < -0.4 is 21.1 Å². The largest absolute Gasteiger partial charge is 0.457 e. The molecule has 5 rings (SSSR count). The van der Waals surface area contributed by atoms with Crippen molar-refractivity contribution in [3.8, 4) is 11.5 Å². The van der Waals surface area contributed by atoms with Crippen LogP contribution in [0.3, 0.4) is 0 Å². The molecule has 3 aromatic rings. The number of nitrogens with two attached hydrogens (primary N) is 1.